The van der Waals surface area contributed by atoms with Crippen molar-refractivity contribution in [3.63, 3.8) is 0 Å². The summed E-state index contributed by atoms with van der Waals surface area (Å²) in [4.78, 5) is 11.3. The molecule has 158 valence electrons. The normalized spacial score (nSPS) is 17.5. The average molecular weight is 399 g/mol. The first kappa shape index (κ1) is 21.0. The summed E-state index contributed by atoms with van der Waals surface area (Å²) in [6.07, 6.45) is 6.15. The molecule has 0 saturated carbocycles. The van der Waals surface area contributed by atoms with Crippen LogP contribution < -0.4 is 20.3 Å². The van der Waals surface area contributed by atoms with Crippen molar-refractivity contribution in [2.24, 2.45) is 10.9 Å². The Bertz CT molecular complexity index is 800. The lowest BCUT2D eigenvalue weighted by molar-refractivity contribution is 0.408. The van der Waals surface area contributed by atoms with Crippen LogP contribution in [0.2, 0.25) is 0 Å². The van der Waals surface area contributed by atoms with E-state index in [1.54, 1.807) is 7.11 Å². The number of para-hydroxylation sites is 2. The first-order valence-corrected chi connectivity index (χ1v) is 10.5. The second-order valence-electron chi connectivity index (χ2n) is 7.92. The minimum Gasteiger partial charge on any atom is -0.495 e. The Morgan fingerprint density at radius 1 is 1.34 bits per heavy atom. The first-order valence-electron chi connectivity index (χ1n) is 10.5. The van der Waals surface area contributed by atoms with Gasteiger partial charge in [0.1, 0.15) is 11.6 Å². The maximum atomic E-state index is 5.55. The van der Waals surface area contributed by atoms with Gasteiger partial charge in [0.05, 0.1) is 19.3 Å². The quantitative estimate of drug-likeness (QED) is 0.555. The molecule has 1 aliphatic heterocycles. The molecule has 3 rings (SSSR count). The molecule has 29 heavy (non-hydrogen) atoms. The van der Waals surface area contributed by atoms with Crippen LogP contribution in [0.3, 0.4) is 0 Å². The van der Waals surface area contributed by atoms with Gasteiger partial charge in [0, 0.05) is 45.1 Å². The lowest BCUT2D eigenvalue weighted by Crippen LogP contribution is -2.51. The standard InChI is InChI=1S/C22H34N6O/c1-17(2)15-28-13-11-24-21(28)14-25-22(23-3)26-18-8-7-12-27(16-18)19-9-5-6-10-20(19)29-4/h5-6,9-11,13,17-18H,7-8,12,14-16H2,1-4H3,(H2,23,25,26). The van der Waals surface area contributed by atoms with Crippen LogP contribution in [0.4, 0.5) is 5.69 Å². The fraction of sp³-hybridized carbons (Fsp3) is 0.545. The van der Waals surface area contributed by atoms with E-state index in [0.29, 0.717) is 18.5 Å². The number of nitrogens with one attached hydrogen (secondary N) is 2. The number of nitrogens with zero attached hydrogens (tertiary/aromatic N) is 4. The zero-order valence-corrected chi connectivity index (χ0v) is 18.1. The highest BCUT2D eigenvalue weighted by atomic mass is 16.5. The number of guanidine groups is 1. The molecule has 1 aliphatic rings. The maximum absolute atomic E-state index is 5.55. The summed E-state index contributed by atoms with van der Waals surface area (Å²) in [7, 11) is 3.55. The van der Waals surface area contributed by atoms with Gasteiger partial charge in [-0.1, -0.05) is 26.0 Å². The lowest BCUT2D eigenvalue weighted by Gasteiger charge is -2.36. The summed E-state index contributed by atoms with van der Waals surface area (Å²) >= 11 is 0. The number of anilines is 1. The maximum Gasteiger partial charge on any atom is 0.191 e. The number of methoxy groups -OCH3 is 1. The largest absolute Gasteiger partial charge is 0.495 e. The molecule has 0 radical (unpaired) electrons. The van der Waals surface area contributed by atoms with Gasteiger partial charge in [-0.25, -0.2) is 4.98 Å². The van der Waals surface area contributed by atoms with Crippen molar-refractivity contribution >= 4 is 11.6 Å². The van der Waals surface area contributed by atoms with Crippen LogP contribution >= 0.6 is 0 Å². The van der Waals surface area contributed by atoms with Crippen LogP contribution in [0.5, 0.6) is 5.75 Å². The predicted octanol–water partition coefficient (Wildman–Crippen LogP) is 2.88. The van der Waals surface area contributed by atoms with E-state index < -0.39 is 0 Å². The molecular weight excluding hydrogens is 364 g/mol. The molecule has 2 N–H and O–H groups in total. The van der Waals surface area contributed by atoms with Crippen molar-refractivity contribution < 1.29 is 4.74 Å². The number of imidazole rings is 1. The molecule has 1 fully saturated rings. The topological polar surface area (TPSA) is 66.7 Å². The summed E-state index contributed by atoms with van der Waals surface area (Å²) < 4.78 is 7.75. The molecule has 1 atom stereocenters. The highest BCUT2D eigenvalue weighted by molar-refractivity contribution is 5.80. The van der Waals surface area contributed by atoms with Crippen molar-refractivity contribution in [3.05, 3.63) is 42.5 Å². The number of hydrogen-bond acceptors (Lipinski definition) is 4. The molecule has 1 aromatic heterocycles. The fourth-order valence-electron chi connectivity index (χ4n) is 3.82. The van der Waals surface area contributed by atoms with Crippen LogP contribution in [0.25, 0.3) is 0 Å². The van der Waals surface area contributed by atoms with Crippen molar-refractivity contribution in [2.75, 3.05) is 32.1 Å². The van der Waals surface area contributed by atoms with E-state index in [9.17, 15) is 0 Å². The van der Waals surface area contributed by atoms with Gasteiger partial charge in [0.2, 0.25) is 0 Å². The fourth-order valence-corrected chi connectivity index (χ4v) is 3.82. The van der Waals surface area contributed by atoms with Gasteiger partial charge in [0.15, 0.2) is 5.96 Å². The predicted molar refractivity (Wildman–Crippen MR) is 119 cm³/mol. The zero-order valence-electron chi connectivity index (χ0n) is 18.1. The van der Waals surface area contributed by atoms with Crippen molar-refractivity contribution in [2.45, 2.75) is 45.8 Å². The molecule has 0 aliphatic carbocycles. The summed E-state index contributed by atoms with van der Waals surface area (Å²) in [6, 6.07) is 8.55. The molecule has 7 nitrogen and oxygen atoms in total. The van der Waals surface area contributed by atoms with E-state index >= 15 is 0 Å². The number of ether oxygens (including phenoxy) is 1. The number of rotatable bonds is 7. The van der Waals surface area contributed by atoms with Crippen LogP contribution in [0.1, 0.15) is 32.5 Å². The average Bonchev–Trinajstić information content (AvgIpc) is 3.17. The van der Waals surface area contributed by atoms with E-state index in [2.05, 4.69) is 56.1 Å². The number of hydrogen-bond donors (Lipinski definition) is 2. The third-order valence-corrected chi connectivity index (χ3v) is 5.19. The number of piperidine rings is 1. The van der Waals surface area contributed by atoms with E-state index in [0.717, 1.165) is 55.7 Å². The Morgan fingerprint density at radius 2 is 2.17 bits per heavy atom. The Labute approximate surface area is 174 Å². The number of benzene rings is 1. The van der Waals surface area contributed by atoms with E-state index in [4.69, 9.17) is 4.74 Å². The Morgan fingerprint density at radius 3 is 2.93 bits per heavy atom. The SMILES string of the molecule is CN=C(NCc1nccn1CC(C)C)NC1CCCN(c2ccccc2OC)C1. The Hall–Kier alpha value is -2.70. The van der Waals surface area contributed by atoms with Crippen LogP contribution in [0, 0.1) is 5.92 Å². The molecule has 0 amide bonds. The van der Waals surface area contributed by atoms with Gasteiger partial charge in [-0.2, -0.15) is 0 Å². The lowest BCUT2D eigenvalue weighted by atomic mass is 10.0. The first-order chi connectivity index (χ1) is 14.1. The van der Waals surface area contributed by atoms with Crippen molar-refractivity contribution in [1.82, 2.24) is 20.2 Å². The summed E-state index contributed by atoms with van der Waals surface area (Å²) in [5.41, 5.74) is 1.15. The van der Waals surface area contributed by atoms with Gasteiger partial charge >= 0.3 is 0 Å². The van der Waals surface area contributed by atoms with E-state index in [-0.39, 0.29) is 0 Å². The molecule has 2 aromatic rings. The highest BCUT2D eigenvalue weighted by Gasteiger charge is 2.23. The van der Waals surface area contributed by atoms with Gasteiger partial charge in [-0.05, 0) is 30.9 Å². The minimum absolute atomic E-state index is 0.329. The third-order valence-electron chi connectivity index (χ3n) is 5.19. The smallest absolute Gasteiger partial charge is 0.191 e. The second-order valence-corrected chi connectivity index (χ2v) is 7.92. The highest BCUT2D eigenvalue weighted by Crippen LogP contribution is 2.29. The van der Waals surface area contributed by atoms with Crippen molar-refractivity contribution in [3.8, 4) is 5.75 Å². The van der Waals surface area contributed by atoms with Gasteiger partial charge < -0.3 is 24.8 Å². The second kappa shape index (κ2) is 10.2. The van der Waals surface area contributed by atoms with E-state index in [1.165, 1.54) is 0 Å². The summed E-state index contributed by atoms with van der Waals surface area (Å²) in [5, 5.41) is 7.01. The number of aromatic nitrogens is 2. The van der Waals surface area contributed by atoms with Gasteiger partial charge in [-0.3, -0.25) is 4.99 Å². The third kappa shape index (κ3) is 5.65. The Balaban J connectivity index is 1.57. The Kier molecular flexibility index (Phi) is 7.38. The van der Waals surface area contributed by atoms with Crippen LogP contribution in [-0.2, 0) is 13.1 Å². The summed E-state index contributed by atoms with van der Waals surface area (Å²) in [5.74, 6) is 3.35. The van der Waals surface area contributed by atoms with Crippen LogP contribution in [0.15, 0.2) is 41.7 Å². The van der Waals surface area contributed by atoms with E-state index in [1.807, 2.05) is 31.6 Å². The molecule has 0 bridgehead atoms. The monoisotopic (exact) mass is 398 g/mol. The molecule has 2 heterocycles. The minimum atomic E-state index is 0.329. The van der Waals surface area contributed by atoms with Gasteiger partial charge in [-0.15, -0.1) is 0 Å². The summed E-state index contributed by atoms with van der Waals surface area (Å²) in [6.45, 7) is 8.02. The zero-order chi connectivity index (χ0) is 20.6. The molecule has 1 unspecified atom stereocenters. The van der Waals surface area contributed by atoms with Gasteiger partial charge in [0.25, 0.3) is 0 Å². The number of aliphatic imine (C=N–C) groups is 1. The molecular formula is C22H34N6O. The van der Waals surface area contributed by atoms with Crippen molar-refractivity contribution in [1.29, 1.82) is 0 Å². The molecule has 1 saturated heterocycles. The van der Waals surface area contributed by atoms with Crippen LogP contribution in [-0.4, -0.2) is 48.8 Å². The molecule has 0 spiro atoms. The molecule has 7 heteroatoms. The molecule has 1 aromatic carbocycles.